The summed E-state index contributed by atoms with van der Waals surface area (Å²) in [6, 6.07) is 4.93. The highest BCUT2D eigenvalue weighted by Gasteiger charge is 2.20. The standard InChI is InChI=1S/C12H13N5O4/c1-16-11(13-7-14-16)15-12(21)17(6-10(19)20)8-2-4-9(18)5-3-8/h2-5,7,18H,6H2,1H3,(H,19,20)(H,13,14,15,21). The molecule has 0 saturated heterocycles. The van der Waals surface area contributed by atoms with Gasteiger partial charge in [0.1, 0.15) is 18.6 Å². The first-order valence-corrected chi connectivity index (χ1v) is 5.90. The molecule has 0 spiro atoms. The first-order chi connectivity index (χ1) is 9.97. The molecule has 3 N–H and O–H groups in total. The molecule has 1 heterocycles. The third kappa shape index (κ3) is 3.47. The van der Waals surface area contributed by atoms with Gasteiger partial charge in [-0.2, -0.15) is 10.1 Å². The lowest BCUT2D eigenvalue weighted by Gasteiger charge is -2.20. The number of anilines is 2. The number of aryl methyl sites for hydroxylation is 1. The molecule has 9 nitrogen and oxygen atoms in total. The number of urea groups is 1. The summed E-state index contributed by atoms with van der Waals surface area (Å²) >= 11 is 0. The summed E-state index contributed by atoms with van der Waals surface area (Å²) in [6.45, 7) is -0.533. The molecule has 0 radical (unpaired) electrons. The Morgan fingerprint density at radius 2 is 2.00 bits per heavy atom. The molecular formula is C12H13N5O4. The predicted molar refractivity (Wildman–Crippen MR) is 73.1 cm³/mol. The summed E-state index contributed by atoms with van der Waals surface area (Å²) in [6.07, 6.45) is 1.26. The molecule has 2 rings (SSSR count). The van der Waals surface area contributed by atoms with Crippen molar-refractivity contribution in [3.63, 3.8) is 0 Å². The van der Waals surface area contributed by atoms with Crippen LogP contribution in [0.2, 0.25) is 0 Å². The van der Waals surface area contributed by atoms with Crippen LogP contribution in [0.1, 0.15) is 0 Å². The van der Waals surface area contributed by atoms with E-state index < -0.39 is 18.5 Å². The number of aromatic nitrogens is 3. The lowest BCUT2D eigenvalue weighted by Crippen LogP contribution is -2.39. The molecule has 0 bridgehead atoms. The van der Waals surface area contributed by atoms with Crippen molar-refractivity contribution < 1.29 is 19.8 Å². The number of nitrogens with one attached hydrogen (secondary N) is 1. The van der Waals surface area contributed by atoms with Gasteiger partial charge in [-0.05, 0) is 24.3 Å². The molecule has 9 heteroatoms. The van der Waals surface area contributed by atoms with Crippen molar-refractivity contribution in [1.82, 2.24) is 14.8 Å². The Hall–Kier alpha value is -3.10. The number of nitrogens with zero attached hydrogens (tertiary/aromatic N) is 4. The predicted octanol–water partition coefficient (Wildman–Crippen LogP) is 0.644. The maximum Gasteiger partial charge on any atom is 0.329 e. The van der Waals surface area contributed by atoms with Crippen LogP contribution in [0.4, 0.5) is 16.4 Å². The molecule has 0 aliphatic heterocycles. The Balaban J connectivity index is 2.23. The second kappa shape index (κ2) is 5.90. The van der Waals surface area contributed by atoms with Crippen LogP contribution in [0.3, 0.4) is 0 Å². The van der Waals surface area contributed by atoms with E-state index in [0.717, 1.165) is 4.90 Å². The molecule has 0 saturated carbocycles. The number of carboxylic acid groups (broad SMARTS) is 1. The number of aliphatic carboxylic acids is 1. The van der Waals surface area contributed by atoms with E-state index in [1.54, 1.807) is 7.05 Å². The summed E-state index contributed by atoms with van der Waals surface area (Å²) in [5.41, 5.74) is 0.329. The Bertz CT molecular complexity index is 652. The fraction of sp³-hybridized carbons (Fsp3) is 0.167. The SMILES string of the molecule is Cn1ncnc1NC(=O)N(CC(=O)O)c1ccc(O)cc1. The Kier molecular flexibility index (Phi) is 4.02. The van der Waals surface area contributed by atoms with Crippen molar-refractivity contribution in [3.05, 3.63) is 30.6 Å². The highest BCUT2D eigenvalue weighted by Crippen LogP contribution is 2.19. The molecule has 110 valence electrons. The zero-order chi connectivity index (χ0) is 15.4. The first-order valence-electron chi connectivity index (χ1n) is 5.90. The Morgan fingerprint density at radius 1 is 1.33 bits per heavy atom. The fourth-order valence-corrected chi connectivity index (χ4v) is 1.62. The number of benzene rings is 1. The van der Waals surface area contributed by atoms with Crippen molar-refractivity contribution in [2.24, 2.45) is 7.05 Å². The van der Waals surface area contributed by atoms with E-state index in [-0.39, 0.29) is 11.7 Å². The summed E-state index contributed by atoms with van der Waals surface area (Å²) in [5.74, 6) is -0.965. The number of carboxylic acids is 1. The number of carbonyl (C=O) groups is 2. The number of hydrogen-bond acceptors (Lipinski definition) is 5. The molecule has 0 unspecified atom stereocenters. The average molecular weight is 291 g/mol. The van der Waals surface area contributed by atoms with Gasteiger partial charge in [-0.25, -0.2) is 9.48 Å². The van der Waals surface area contributed by atoms with E-state index in [2.05, 4.69) is 15.4 Å². The molecule has 2 amide bonds. The van der Waals surface area contributed by atoms with Crippen molar-refractivity contribution in [3.8, 4) is 5.75 Å². The number of phenolic OH excluding ortho intramolecular Hbond substituents is 1. The summed E-state index contributed by atoms with van der Waals surface area (Å²) in [4.78, 5) is 28.0. The van der Waals surface area contributed by atoms with Gasteiger partial charge in [-0.15, -0.1) is 0 Å². The average Bonchev–Trinajstić information content (AvgIpc) is 2.82. The number of hydrogen-bond donors (Lipinski definition) is 3. The normalized spacial score (nSPS) is 10.1. The smallest absolute Gasteiger partial charge is 0.329 e. The van der Waals surface area contributed by atoms with Crippen molar-refractivity contribution in [2.75, 3.05) is 16.8 Å². The molecule has 0 aliphatic rings. The van der Waals surface area contributed by atoms with Crippen LogP contribution in [-0.4, -0.2) is 43.5 Å². The van der Waals surface area contributed by atoms with Crippen molar-refractivity contribution >= 4 is 23.6 Å². The third-order valence-electron chi connectivity index (χ3n) is 2.63. The van der Waals surface area contributed by atoms with Crippen molar-refractivity contribution in [1.29, 1.82) is 0 Å². The minimum Gasteiger partial charge on any atom is -0.508 e. The van der Waals surface area contributed by atoms with E-state index >= 15 is 0 Å². The van der Waals surface area contributed by atoms with E-state index in [1.807, 2.05) is 0 Å². The lowest BCUT2D eigenvalue weighted by atomic mass is 10.3. The number of aromatic hydroxyl groups is 1. The molecular weight excluding hydrogens is 278 g/mol. The van der Waals surface area contributed by atoms with Crippen LogP contribution in [0.25, 0.3) is 0 Å². The third-order valence-corrected chi connectivity index (χ3v) is 2.63. The molecule has 1 aromatic heterocycles. The highest BCUT2D eigenvalue weighted by atomic mass is 16.4. The van der Waals surface area contributed by atoms with E-state index in [1.165, 1.54) is 35.3 Å². The first kappa shape index (κ1) is 14.3. The van der Waals surface area contributed by atoms with E-state index in [0.29, 0.717) is 5.69 Å². The summed E-state index contributed by atoms with van der Waals surface area (Å²) < 4.78 is 1.34. The zero-order valence-electron chi connectivity index (χ0n) is 11.1. The number of rotatable bonds is 4. The largest absolute Gasteiger partial charge is 0.508 e. The Morgan fingerprint density at radius 3 is 2.52 bits per heavy atom. The van der Waals surface area contributed by atoms with Crippen LogP contribution < -0.4 is 10.2 Å². The maximum atomic E-state index is 12.2. The minimum absolute atomic E-state index is 0.0164. The van der Waals surface area contributed by atoms with Gasteiger partial charge in [-0.3, -0.25) is 15.0 Å². The maximum absolute atomic E-state index is 12.2. The monoisotopic (exact) mass is 291 g/mol. The zero-order valence-corrected chi connectivity index (χ0v) is 11.1. The topological polar surface area (TPSA) is 121 Å². The lowest BCUT2D eigenvalue weighted by molar-refractivity contribution is -0.135. The van der Waals surface area contributed by atoms with Crippen LogP contribution in [0, 0.1) is 0 Å². The van der Waals surface area contributed by atoms with Crippen LogP contribution in [-0.2, 0) is 11.8 Å². The Labute approximate surface area is 119 Å². The molecule has 1 aromatic carbocycles. The number of amides is 2. The molecule has 0 atom stereocenters. The fourth-order valence-electron chi connectivity index (χ4n) is 1.62. The number of carbonyl (C=O) groups excluding carboxylic acids is 1. The molecule has 21 heavy (non-hydrogen) atoms. The minimum atomic E-state index is -1.17. The van der Waals surface area contributed by atoms with Gasteiger partial charge in [0.05, 0.1) is 0 Å². The number of phenols is 1. The van der Waals surface area contributed by atoms with Gasteiger partial charge in [0, 0.05) is 12.7 Å². The summed E-state index contributed by atoms with van der Waals surface area (Å²) in [5, 5.41) is 24.4. The summed E-state index contributed by atoms with van der Waals surface area (Å²) in [7, 11) is 1.59. The van der Waals surface area contributed by atoms with Crippen LogP contribution >= 0.6 is 0 Å². The molecule has 0 aliphatic carbocycles. The second-order valence-electron chi connectivity index (χ2n) is 4.13. The van der Waals surface area contributed by atoms with Gasteiger partial charge >= 0.3 is 12.0 Å². The van der Waals surface area contributed by atoms with Crippen LogP contribution in [0.15, 0.2) is 30.6 Å². The van der Waals surface area contributed by atoms with Crippen molar-refractivity contribution in [2.45, 2.75) is 0 Å². The second-order valence-corrected chi connectivity index (χ2v) is 4.13. The van der Waals surface area contributed by atoms with Gasteiger partial charge in [0.2, 0.25) is 5.95 Å². The van der Waals surface area contributed by atoms with Gasteiger partial charge < -0.3 is 10.2 Å². The highest BCUT2D eigenvalue weighted by molar-refractivity contribution is 6.03. The van der Waals surface area contributed by atoms with Crippen LogP contribution in [0.5, 0.6) is 5.75 Å². The van der Waals surface area contributed by atoms with Gasteiger partial charge in [0.25, 0.3) is 0 Å². The van der Waals surface area contributed by atoms with E-state index in [9.17, 15) is 14.7 Å². The van der Waals surface area contributed by atoms with E-state index in [4.69, 9.17) is 5.11 Å². The molecule has 2 aromatic rings. The van der Waals surface area contributed by atoms with Gasteiger partial charge in [-0.1, -0.05) is 0 Å². The quantitative estimate of drug-likeness (QED) is 0.760. The molecule has 0 fully saturated rings. The van der Waals surface area contributed by atoms with Gasteiger partial charge in [0.15, 0.2) is 0 Å².